The van der Waals surface area contributed by atoms with E-state index in [1.165, 1.54) is 0 Å². The van der Waals surface area contributed by atoms with Gasteiger partial charge in [0.1, 0.15) is 11.9 Å². The van der Waals surface area contributed by atoms with Gasteiger partial charge in [-0.15, -0.1) is 0 Å². The largest absolute Gasteiger partial charge is 0.489 e. The first kappa shape index (κ1) is 13.7. The smallest absolute Gasteiger partial charge is 0.260 e. The van der Waals surface area contributed by atoms with Gasteiger partial charge in [-0.2, -0.15) is 5.10 Å². The number of aromatic amines is 1. The normalized spacial score (nSPS) is 20.0. The highest BCUT2D eigenvalue weighted by molar-refractivity contribution is 6.06. The van der Waals surface area contributed by atoms with Crippen LogP contribution in [0.1, 0.15) is 48.3 Å². The van der Waals surface area contributed by atoms with Crippen molar-refractivity contribution in [2.24, 2.45) is 0 Å². The fraction of sp³-hybridized carbons (Fsp3) is 0.375. The van der Waals surface area contributed by atoms with E-state index in [2.05, 4.69) is 22.4 Å². The molecular formula is C16H19N3O2. The topological polar surface area (TPSA) is 67.0 Å². The Balaban J connectivity index is 1.86. The SMILES string of the molecule is CCc1cc(NC(=O)c2cccc3c2OC(C)C3C)n[nH]1. The number of aryl methyl sites for hydroxylation is 1. The van der Waals surface area contributed by atoms with E-state index in [0.717, 1.165) is 17.7 Å². The molecule has 0 saturated heterocycles. The maximum absolute atomic E-state index is 12.4. The van der Waals surface area contributed by atoms with E-state index in [0.29, 0.717) is 23.0 Å². The van der Waals surface area contributed by atoms with Gasteiger partial charge in [-0.05, 0) is 19.4 Å². The highest BCUT2D eigenvalue weighted by Crippen LogP contribution is 2.40. The summed E-state index contributed by atoms with van der Waals surface area (Å²) in [6.45, 7) is 6.16. The van der Waals surface area contributed by atoms with Crippen molar-refractivity contribution in [3.63, 3.8) is 0 Å². The zero-order chi connectivity index (χ0) is 15.0. The van der Waals surface area contributed by atoms with Crippen LogP contribution in [0.25, 0.3) is 0 Å². The van der Waals surface area contributed by atoms with Gasteiger partial charge in [0, 0.05) is 23.2 Å². The molecule has 0 aliphatic carbocycles. The molecule has 1 aromatic heterocycles. The molecule has 2 N–H and O–H groups in total. The van der Waals surface area contributed by atoms with E-state index in [-0.39, 0.29) is 12.0 Å². The third kappa shape index (κ3) is 2.39. The average Bonchev–Trinajstić information content (AvgIpc) is 3.04. The molecule has 2 aromatic rings. The Morgan fingerprint density at radius 3 is 2.95 bits per heavy atom. The van der Waals surface area contributed by atoms with Crippen LogP contribution in [0, 0.1) is 0 Å². The summed E-state index contributed by atoms with van der Waals surface area (Å²) in [5.41, 5.74) is 2.64. The highest BCUT2D eigenvalue weighted by Gasteiger charge is 2.31. The van der Waals surface area contributed by atoms with E-state index >= 15 is 0 Å². The third-order valence-electron chi connectivity index (χ3n) is 4.04. The minimum absolute atomic E-state index is 0.0889. The number of carbonyl (C=O) groups excluding carboxylic acids is 1. The van der Waals surface area contributed by atoms with Gasteiger partial charge in [0.25, 0.3) is 5.91 Å². The van der Waals surface area contributed by atoms with Crippen LogP contribution in [0.2, 0.25) is 0 Å². The number of nitrogens with zero attached hydrogens (tertiary/aromatic N) is 1. The van der Waals surface area contributed by atoms with Crippen molar-refractivity contribution in [2.75, 3.05) is 5.32 Å². The van der Waals surface area contributed by atoms with Crippen LogP contribution in [0.4, 0.5) is 5.82 Å². The Kier molecular flexibility index (Phi) is 3.41. The van der Waals surface area contributed by atoms with Crippen LogP contribution in [0.15, 0.2) is 24.3 Å². The lowest BCUT2D eigenvalue weighted by atomic mass is 9.97. The zero-order valence-corrected chi connectivity index (χ0v) is 12.4. The Morgan fingerprint density at radius 2 is 2.24 bits per heavy atom. The number of nitrogens with one attached hydrogen (secondary N) is 2. The fourth-order valence-electron chi connectivity index (χ4n) is 2.56. The molecule has 2 atom stereocenters. The zero-order valence-electron chi connectivity index (χ0n) is 12.4. The third-order valence-corrected chi connectivity index (χ3v) is 4.04. The number of ether oxygens (including phenoxy) is 1. The van der Waals surface area contributed by atoms with E-state index in [1.54, 1.807) is 6.07 Å². The molecule has 2 unspecified atom stereocenters. The molecule has 0 fully saturated rings. The van der Waals surface area contributed by atoms with Gasteiger partial charge in [-0.1, -0.05) is 26.0 Å². The molecule has 0 spiro atoms. The van der Waals surface area contributed by atoms with Gasteiger partial charge < -0.3 is 10.1 Å². The van der Waals surface area contributed by atoms with Crippen molar-refractivity contribution >= 4 is 11.7 Å². The van der Waals surface area contributed by atoms with Gasteiger partial charge in [-0.3, -0.25) is 9.89 Å². The number of benzene rings is 1. The monoisotopic (exact) mass is 285 g/mol. The molecular weight excluding hydrogens is 266 g/mol. The highest BCUT2D eigenvalue weighted by atomic mass is 16.5. The maximum atomic E-state index is 12.4. The summed E-state index contributed by atoms with van der Waals surface area (Å²) in [5.74, 6) is 1.34. The number of para-hydroxylation sites is 1. The van der Waals surface area contributed by atoms with E-state index in [4.69, 9.17) is 4.74 Å². The lowest BCUT2D eigenvalue weighted by Crippen LogP contribution is -2.14. The molecule has 0 bridgehead atoms. The number of anilines is 1. The summed E-state index contributed by atoms with van der Waals surface area (Å²) < 4.78 is 5.85. The summed E-state index contributed by atoms with van der Waals surface area (Å²) in [6.07, 6.45) is 0.938. The quantitative estimate of drug-likeness (QED) is 0.910. The second-order valence-electron chi connectivity index (χ2n) is 5.42. The Morgan fingerprint density at radius 1 is 1.43 bits per heavy atom. The fourth-order valence-corrected chi connectivity index (χ4v) is 2.56. The van der Waals surface area contributed by atoms with Crippen LogP contribution in [0.5, 0.6) is 5.75 Å². The van der Waals surface area contributed by atoms with E-state index < -0.39 is 0 Å². The van der Waals surface area contributed by atoms with Crippen LogP contribution in [-0.2, 0) is 6.42 Å². The minimum Gasteiger partial charge on any atom is -0.489 e. The van der Waals surface area contributed by atoms with E-state index in [1.807, 2.05) is 32.0 Å². The lowest BCUT2D eigenvalue weighted by molar-refractivity contribution is 0.102. The average molecular weight is 285 g/mol. The molecule has 0 saturated carbocycles. The van der Waals surface area contributed by atoms with Crippen molar-refractivity contribution < 1.29 is 9.53 Å². The standard InChI is InChI=1S/C16H19N3O2/c1-4-11-8-14(19-18-11)17-16(20)13-7-5-6-12-9(2)10(3)21-15(12)13/h5-10H,4H2,1-3H3,(H2,17,18,19,20). The maximum Gasteiger partial charge on any atom is 0.260 e. The number of carbonyl (C=O) groups is 1. The first-order chi connectivity index (χ1) is 10.1. The Bertz CT molecular complexity index is 678. The number of fused-ring (bicyclic) bond motifs is 1. The van der Waals surface area contributed by atoms with Crippen LogP contribution < -0.4 is 10.1 Å². The molecule has 3 rings (SSSR count). The van der Waals surface area contributed by atoms with Gasteiger partial charge >= 0.3 is 0 Å². The van der Waals surface area contributed by atoms with Crippen LogP contribution in [-0.4, -0.2) is 22.2 Å². The van der Waals surface area contributed by atoms with Crippen molar-refractivity contribution in [2.45, 2.75) is 39.2 Å². The predicted molar refractivity (Wildman–Crippen MR) is 80.9 cm³/mol. The molecule has 1 aromatic carbocycles. The van der Waals surface area contributed by atoms with Gasteiger partial charge in [0.2, 0.25) is 0 Å². The summed E-state index contributed by atoms with van der Waals surface area (Å²) in [6, 6.07) is 7.54. The van der Waals surface area contributed by atoms with Crippen LogP contribution in [0.3, 0.4) is 0 Å². The Labute approximate surface area is 123 Å². The number of aromatic nitrogens is 2. The number of amides is 1. The van der Waals surface area contributed by atoms with Gasteiger partial charge in [0.15, 0.2) is 5.82 Å². The van der Waals surface area contributed by atoms with Crippen molar-refractivity contribution in [1.82, 2.24) is 10.2 Å². The molecule has 2 heterocycles. The molecule has 5 heteroatoms. The van der Waals surface area contributed by atoms with Crippen molar-refractivity contribution in [3.8, 4) is 5.75 Å². The first-order valence-corrected chi connectivity index (χ1v) is 7.25. The number of hydrogen-bond acceptors (Lipinski definition) is 3. The van der Waals surface area contributed by atoms with Crippen LogP contribution >= 0.6 is 0 Å². The summed E-state index contributed by atoms with van der Waals surface area (Å²) in [7, 11) is 0. The number of rotatable bonds is 3. The van der Waals surface area contributed by atoms with Crippen molar-refractivity contribution in [1.29, 1.82) is 0 Å². The summed E-state index contributed by atoms with van der Waals surface area (Å²) in [5, 5.41) is 9.77. The van der Waals surface area contributed by atoms with Gasteiger partial charge in [-0.25, -0.2) is 0 Å². The van der Waals surface area contributed by atoms with Gasteiger partial charge in [0.05, 0.1) is 5.56 Å². The predicted octanol–water partition coefficient (Wildman–Crippen LogP) is 3.11. The van der Waals surface area contributed by atoms with Crippen molar-refractivity contribution in [3.05, 3.63) is 41.1 Å². The number of hydrogen-bond donors (Lipinski definition) is 2. The molecule has 1 aliphatic rings. The molecule has 1 amide bonds. The molecule has 1 aliphatic heterocycles. The summed E-state index contributed by atoms with van der Waals surface area (Å²) in [4.78, 5) is 12.4. The second-order valence-corrected chi connectivity index (χ2v) is 5.42. The van der Waals surface area contributed by atoms with E-state index in [9.17, 15) is 4.79 Å². The molecule has 110 valence electrons. The molecule has 0 radical (unpaired) electrons. The second kappa shape index (κ2) is 5.24. The number of H-pyrrole nitrogens is 1. The minimum atomic E-state index is -0.192. The molecule has 21 heavy (non-hydrogen) atoms. The first-order valence-electron chi connectivity index (χ1n) is 7.25. The Hall–Kier alpha value is -2.30. The lowest BCUT2D eigenvalue weighted by Gasteiger charge is -2.09. The molecule has 5 nitrogen and oxygen atoms in total. The summed E-state index contributed by atoms with van der Waals surface area (Å²) >= 11 is 0.